The van der Waals surface area contributed by atoms with Gasteiger partial charge in [0.05, 0.1) is 12.0 Å². The van der Waals surface area contributed by atoms with Gasteiger partial charge in [-0.25, -0.2) is 0 Å². The molecule has 1 saturated heterocycles. The second kappa shape index (κ2) is 7.08. The summed E-state index contributed by atoms with van der Waals surface area (Å²) in [5, 5.41) is 0. The molecule has 2 rings (SSSR count). The average molecular weight is 289 g/mol. The van der Waals surface area contributed by atoms with E-state index in [1.807, 2.05) is 25.1 Å². The molecule has 3 heteroatoms. The maximum absolute atomic E-state index is 12.8. The highest BCUT2D eigenvalue weighted by Gasteiger charge is 2.48. The zero-order valence-electron chi connectivity index (χ0n) is 13.5. The highest BCUT2D eigenvalue weighted by atomic mass is 16.5. The zero-order valence-corrected chi connectivity index (χ0v) is 13.5. The first-order chi connectivity index (χ1) is 10.2. The maximum atomic E-state index is 12.8. The molecule has 0 aromatic heterocycles. The van der Waals surface area contributed by atoms with E-state index in [1.54, 1.807) is 0 Å². The first-order valence-corrected chi connectivity index (χ1v) is 8.14. The molecule has 1 aromatic carbocycles. The minimum atomic E-state index is -0.499. The minimum absolute atomic E-state index is 0.0540. The van der Waals surface area contributed by atoms with E-state index in [1.165, 1.54) is 0 Å². The van der Waals surface area contributed by atoms with E-state index in [9.17, 15) is 4.79 Å². The van der Waals surface area contributed by atoms with Crippen molar-refractivity contribution in [3.63, 3.8) is 0 Å². The van der Waals surface area contributed by atoms with Crippen molar-refractivity contribution in [3.8, 4) is 0 Å². The molecule has 0 bridgehead atoms. The summed E-state index contributed by atoms with van der Waals surface area (Å²) in [4.78, 5) is 15.3. The first-order valence-electron chi connectivity index (χ1n) is 8.14. The molecule has 0 saturated carbocycles. The molecule has 0 N–H and O–H groups in total. The molecular formula is C18H27NO2. The van der Waals surface area contributed by atoms with Gasteiger partial charge in [-0.15, -0.1) is 0 Å². The van der Waals surface area contributed by atoms with E-state index >= 15 is 0 Å². The molecule has 0 unspecified atom stereocenters. The summed E-state index contributed by atoms with van der Waals surface area (Å²) in [6.45, 7) is 9.73. The molecule has 116 valence electrons. The van der Waals surface area contributed by atoms with Crippen LogP contribution in [-0.4, -0.2) is 37.1 Å². The summed E-state index contributed by atoms with van der Waals surface area (Å²) in [7, 11) is 0. The fourth-order valence-corrected chi connectivity index (χ4v) is 3.67. The van der Waals surface area contributed by atoms with Crippen LogP contribution in [0.15, 0.2) is 30.3 Å². The summed E-state index contributed by atoms with van der Waals surface area (Å²) < 4.78 is 5.48. The molecular weight excluding hydrogens is 262 g/mol. The van der Waals surface area contributed by atoms with Crippen molar-refractivity contribution < 1.29 is 9.53 Å². The number of carbonyl (C=O) groups is 1. The second-order valence-corrected chi connectivity index (χ2v) is 5.79. The Hall–Kier alpha value is -1.35. The Bertz CT molecular complexity index is 460. The zero-order chi connectivity index (χ0) is 15.3. The highest BCUT2D eigenvalue weighted by molar-refractivity contribution is 5.83. The van der Waals surface area contributed by atoms with Crippen molar-refractivity contribution in [3.05, 3.63) is 35.9 Å². The van der Waals surface area contributed by atoms with Crippen LogP contribution in [0.1, 0.15) is 39.2 Å². The Morgan fingerprint density at radius 3 is 2.52 bits per heavy atom. The molecule has 21 heavy (non-hydrogen) atoms. The van der Waals surface area contributed by atoms with Crippen LogP contribution in [0.4, 0.5) is 0 Å². The lowest BCUT2D eigenvalue weighted by Gasteiger charge is -2.36. The smallest absolute Gasteiger partial charge is 0.316 e. The van der Waals surface area contributed by atoms with Crippen LogP contribution in [0, 0.1) is 5.92 Å². The van der Waals surface area contributed by atoms with Gasteiger partial charge in [0, 0.05) is 6.54 Å². The molecule has 2 atom stereocenters. The van der Waals surface area contributed by atoms with Gasteiger partial charge in [-0.05, 0) is 44.3 Å². The largest absolute Gasteiger partial charge is 0.465 e. The first kappa shape index (κ1) is 16.0. The number of likely N-dealkylation sites (tertiary alicyclic amines) is 1. The Morgan fingerprint density at radius 1 is 1.29 bits per heavy atom. The third kappa shape index (κ3) is 2.98. The van der Waals surface area contributed by atoms with E-state index in [4.69, 9.17) is 4.74 Å². The third-order valence-electron chi connectivity index (χ3n) is 4.90. The van der Waals surface area contributed by atoms with Gasteiger partial charge in [0.25, 0.3) is 0 Å². The number of carbonyl (C=O) groups excluding carboxylic acids is 1. The normalized spacial score (nSPS) is 22.0. The van der Waals surface area contributed by atoms with Crippen LogP contribution in [-0.2, 0) is 14.9 Å². The maximum Gasteiger partial charge on any atom is 0.316 e. The highest BCUT2D eigenvalue weighted by Crippen LogP contribution is 2.42. The summed E-state index contributed by atoms with van der Waals surface area (Å²) >= 11 is 0. The van der Waals surface area contributed by atoms with Crippen LogP contribution in [0.3, 0.4) is 0 Å². The van der Waals surface area contributed by atoms with Gasteiger partial charge in [-0.3, -0.25) is 4.79 Å². The van der Waals surface area contributed by atoms with Gasteiger partial charge in [0.2, 0.25) is 0 Å². The summed E-state index contributed by atoms with van der Waals surface area (Å²) in [5.41, 5.74) is 0.607. The van der Waals surface area contributed by atoms with Gasteiger partial charge < -0.3 is 9.64 Å². The van der Waals surface area contributed by atoms with Crippen LogP contribution in [0.25, 0.3) is 0 Å². The van der Waals surface area contributed by atoms with Crippen LogP contribution < -0.4 is 0 Å². The van der Waals surface area contributed by atoms with Crippen molar-refractivity contribution in [2.24, 2.45) is 5.92 Å². The minimum Gasteiger partial charge on any atom is -0.465 e. The molecule has 1 aliphatic heterocycles. The Kier molecular flexibility index (Phi) is 5.40. The lowest BCUT2D eigenvalue weighted by molar-refractivity contribution is -0.152. The molecule has 1 aliphatic rings. The number of hydrogen-bond acceptors (Lipinski definition) is 3. The number of hydrogen-bond donors (Lipinski definition) is 0. The van der Waals surface area contributed by atoms with Crippen molar-refractivity contribution in [2.75, 3.05) is 26.2 Å². The Morgan fingerprint density at radius 2 is 2.00 bits per heavy atom. The molecule has 0 radical (unpaired) electrons. The molecule has 1 fully saturated rings. The van der Waals surface area contributed by atoms with E-state index < -0.39 is 5.41 Å². The van der Waals surface area contributed by atoms with Gasteiger partial charge in [-0.2, -0.15) is 0 Å². The van der Waals surface area contributed by atoms with Crippen LogP contribution in [0.2, 0.25) is 0 Å². The number of esters is 1. The molecule has 0 amide bonds. The predicted octanol–water partition coefficient (Wildman–Crippen LogP) is 3.24. The van der Waals surface area contributed by atoms with Crippen LogP contribution in [0.5, 0.6) is 0 Å². The van der Waals surface area contributed by atoms with Crippen molar-refractivity contribution >= 4 is 5.97 Å². The Balaban J connectivity index is 2.40. The summed E-state index contributed by atoms with van der Waals surface area (Å²) in [5.74, 6) is 0.283. The van der Waals surface area contributed by atoms with Crippen molar-refractivity contribution in [1.82, 2.24) is 4.90 Å². The van der Waals surface area contributed by atoms with Crippen LogP contribution >= 0.6 is 0 Å². The number of ether oxygens (including phenoxy) is 1. The van der Waals surface area contributed by atoms with E-state index in [-0.39, 0.29) is 5.97 Å². The van der Waals surface area contributed by atoms with E-state index in [0.717, 1.165) is 38.0 Å². The van der Waals surface area contributed by atoms with Gasteiger partial charge >= 0.3 is 5.97 Å². The third-order valence-corrected chi connectivity index (χ3v) is 4.90. The average Bonchev–Trinajstić information content (AvgIpc) is 2.99. The SMILES string of the molecule is CCOC(=O)[C@](CC)(c1ccccc1)[C@@H]1CCN(CC)C1. The summed E-state index contributed by atoms with van der Waals surface area (Å²) in [6.07, 6.45) is 1.85. The fourth-order valence-electron chi connectivity index (χ4n) is 3.67. The lowest BCUT2D eigenvalue weighted by Crippen LogP contribution is -2.45. The fraction of sp³-hybridized carbons (Fsp3) is 0.611. The standard InChI is InChI=1S/C18H27NO2/c1-4-18(17(20)21-6-3,15-10-8-7-9-11-15)16-12-13-19(5-2)14-16/h7-11,16H,4-6,12-14H2,1-3H3/t16-,18-/m1/s1. The predicted molar refractivity (Wildman–Crippen MR) is 85.3 cm³/mol. The molecule has 0 aliphatic carbocycles. The Labute approximate surface area is 128 Å². The van der Waals surface area contributed by atoms with Crippen molar-refractivity contribution in [1.29, 1.82) is 0 Å². The monoisotopic (exact) mass is 289 g/mol. The second-order valence-electron chi connectivity index (χ2n) is 5.79. The molecule has 1 heterocycles. The molecule has 0 spiro atoms. The molecule has 1 aromatic rings. The van der Waals surface area contributed by atoms with Gasteiger partial charge in [0.15, 0.2) is 0 Å². The summed E-state index contributed by atoms with van der Waals surface area (Å²) in [6, 6.07) is 10.2. The lowest BCUT2D eigenvalue weighted by atomic mass is 9.68. The number of nitrogens with zero attached hydrogens (tertiary/aromatic N) is 1. The quantitative estimate of drug-likeness (QED) is 0.753. The topological polar surface area (TPSA) is 29.5 Å². The van der Waals surface area contributed by atoms with Crippen molar-refractivity contribution in [2.45, 2.75) is 39.0 Å². The van der Waals surface area contributed by atoms with E-state index in [2.05, 4.69) is 30.9 Å². The van der Waals surface area contributed by atoms with E-state index in [0.29, 0.717) is 12.5 Å². The van der Waals surface area contributed by atoms with Gasteiger partial charge in [-0.1, -0.05) is 44.2 Å². The number of benzene rings is 1. The molecule has 3 nitrogen and oxygen atoms in total. The van der Waals surface area contributed by atoms with Gasteiger partial charge in [0.1, 0.15) is 0 Å². The number of rotatable bonds is 6.